The SMILES string of the molecule is COc1ccc(N2C(=O)C3C4CC(C3C2=O)C2C4Sc3[nH]c(=O)sc3[C@@H]2c2cc(Br)ccc2OCC(=O)Nc2ccc(Cl)cc2)cc1. The highest BCUT2D eigenvalue weighted by molar-refractivity contribution is 9.10. The Morgan fingerprint density at radius 3 is 2.47 bits per heavy atom. The number of methoxy groups -OCH3 is 1. The summed E-state index contributed by atoms with van der Waals surface area (Å²) in [6.45, 7) is -0.233. The maximum Gasteiger partial charge on any atom is 0.305 e. The summed E-state index contributed by atoms with van der Waals surface area (Å²) in [7, 11) is 1.57. The van der Waals surface area contributed by atoms with Crippen molar-refractivity contribution >= 4 is 79.7 Å². The topological polar surface area (TPSA) is 118 Å². The summed E-state index contributed by atoms with van der Waals surface area (Å²) in [6, 6.07) is 19.5. The number of anilines is 2. The predicted molar refractivity (Wildman–Crippen MR) is 184 cm³/mol. The molecular weight excluding hydrogens is 726 g/mol. The predicted octanol–water partition coefficient (Wildman–Crippen LogP) is 6.56. The number of thiazole rings is 1. The van der Waals surface area contributed by atoms with Gasteiger partial charge in [-0.25, -0.2) is 0 Å². The van der Waals surface area contributed by atoms with E-state index in [9.17, 15) is 19.2 Å². The van der Waals surface area contributed by atoms with Crippen molar-refractivity contribution < 1.29 is 23.9 Å². The third-order valence-corrected chi connectivity index (χ3v) is 13.2. The summed E-state index contributed by atoms with van der Waals surface area (Å²) in [4.78, 5) is 58.8. The summed E-state index contributed by atoms with van der Waals surface area (Å²) in [5.41, 5.74) is 1.98. The molecular formula is C34H27BrClN3O6S2. The number of ether oxygens (including phenoxy) is 2. The van der Waals surface area contributed by atoms with Gasteiger partial charge >= 0.3 is 4.87 Å². The van der Waals surface area contributed by atoms with Crippen LogP contribution in [0, 0.1) is 29.6 Å². The van der Waals surface area contributed by atoms with Crippen LogP contribution in [0.4, 0.5) is 11.4 Å². The van der Waals surface area contributed by atoms with Crippen molar-refractivity contribution in [1.82, 2.24) is 4.98 Å². The average molecular weight is 753 g/mol. The fraction of sp³-hybridized carbons (Fsp3) is 0.294. The zero-order valence-corrected chi connectivity index (χ0v) is 28.8. The lowest BCUT2D eigenvalue weighted by Crippen LogP contribution is -2.42. The van der Waals surface area contributed by atoms with Gasteiger partial charge in [-0.3, -0.25) is 24.1 Å². The van der Waals surface area contributed by atoms with Gasteiger partial charge in [-0.15, -0.1) is 11.8 Å². The number of aromatic nitrogens is 1. The number of fused-ring (bicyclic) bond motifs is 9. The first kappa shape index (κ1) is 30.7. The molecule has 8 rings (SSSR count). The molecule has 0 radical (unpaired) electrons. The Kier molecular flexibility index (Phi) is 7.74. The van der Waals surface area contributed by atoms with Gasteiger partial charge in [-0.05, 0) is 90.9 Å². The first-order valence-corrected chi connectivity index (χ1v) is 18.0. The van der Waals surface area contributed by atoms with E-state index in [0.717, 1.165) is 26.4 Å². The zero-order chi connectivity index (χ0) is 32.6. The molecule has 13 heteroatoms. The summed E-state index contributed by atoms with van der Waals surface area (Å²) < 4.78 is 12.3. The largest absolute Gasteiger partial charge is 0.497 e. The lowest BCUT2D eigenvalue weighted by molar-refractivity contribution is -0.123. The molecule has 3 fully saturated rings. The smallest absolute Gasteiger partial charge is 0.305 e. The summed E-state index contributed by atoms with van der Waals surface area (Å²) in [5.74, 6) is -0.752. The molecule has 3 aromatic carbocycles. The van der Waals surface area contributed by atoms with E-state index in [-0.39, 0.29) is 58.1 Å². The molecule has 7 atom stereocenters. The number of nitrogens with zero attached hydrogens (tertiary/aromatic N) is 1. The van der Waals surface area contributed by atoms with E-state index in [0.29, 0.717) is 27.9 Å². The number of carbonyl (C=O) groups excluding carboxylic acids is 3. The molecule has 47 heavy (non-hydrogen) atoms. The van der Waals surface area contributed by atoms with Crippen LogP contribution in [-0.4, -0.2) is 41.7 Å². The number of carbonyl (C=O) groups is 3. The van der Waals surface area contributed by atoms with Crippen molar-refractivity contribution in [2.45, 2.75) is 22.6 Å². The minimum atomic E-state index is -0.446. The molecule has 3 amide bonds. The Hall–Kier alpha value is -3.58. The molecule has 2 aliphatic carbocycles. The molecule has 4 aliphatic rings. The Bertz CT molecular complexity index is 1980. The summed E-state index contributed by atoms with van der Waals surface area (Å²) in [6.07, 6.45) is 0.759. The van der Waals surface area contributed by atoms with Gasteiger partial charge in [0.05, 0.1) is 29.7 Å². The molecule has 2 N–H and O–H groups in total. The molecule has 4 aromatic rings. The number of rotatable bonds is 7. The number of hydrogen-bond acceptors (Lipinski definition) is 8. The molecule has 1 aromatic heterocycles. The highest BCUT2D eigenvalue weighted by Crippen LogP contribution is 2.69. The van der Waals surface area contributed by atoms with Crippen LogP contribution in [0.5, 0.6) is 11.5 Å². The monoisotopic (exact) mass is 751 g/mol. The van der Waals surface area contributed by atoms with Gasteiger partial charge in [0.25, 0.3) is 5.91 Å². The molecule has 240 valence electrons. The fourth-order valence-corrected chi connectivity index (χ4v) is 11.5. The molecule has 0 spiro atoms. The van der Waals surface area contributed by atoms with E-state index in [4.69, 9.17) is 21.1 Å². The van der Waals surface area contributed by atoms with Crippen LogP contribution < -0.4 is 24.6 Å². The molecule has 2 saturated carbocycles. The Labute approximate surface area is 291 Å². The van der Waals surface area contributed by atoms with Gasteiger partial charge in [0.1, 0.15) is 11.5 Å². The van der Waals surface area contributed by atoms with E-state index >= 15 is 0 Å². The number of hydrogen-bond donors (Lipinski definition) is 2. The lowest BCUT2D eigenvalue weighted by atomic mass is 9.68. The first-order valence-electron chi connectivity index (χ1n) is 15.1. The number of aromatic amines is 1. The number of imide groups is 1. The Morgan fingerprint density at radius 2 is 1.74 bits per heavy atom. The van der Waals surface area contributed by atoms with Crippen LogP contribution in [0.3, 0.4) is 0 Å². The average Bonchev–Trinajstić information content (AvgIpc) is 3.80. The standard InChI is InChI=1S/C34H27BrClN3O6S2/c1-44-19-9-7-18(8-10-19)39-32(41)27-21-13-22(28(27)33(39)42)29-26(21)25(30-31(46-29)38-34(43)47-30)20-12-15(35)2-11-23(20)45-14-24(40)37-17-5-3-16(36)4-6-17/h2-12,21-22,25-29H,13-14H2,1H3,(H,37,40)(H,38,43)/t21?,22?,25-,26?,27?,28?,29?/m1/s1. The highest BCUT2D eigenvalue weighted by Gasteiger charge is 2.69. The van der Waals surface area contributed by atoms with Crippen molar-refractivity contribution in [1.29, 1.82) is 0 Å². The number of benzene rings is 3. The number of thioether (sulfide) groups is 1. The van der Waals surface area contributed by atoms with E-state index in [1.807, 2.05) is 18.2 Å². The minimum absolute atomic E-state index is 0.0107. The normalized spacial score (nSPS) is 27.0. The fourth-order valence-electron chi connectivity index (χ4n) is 8.12. The maximum atomic E-state index is 14.1. The van der Waals surface area contributed by atoms with Crippen LogP contribution in [0.1, 0.15) is 22.8 Å². The quantitative estimate of drug-likeness (QED) is 0.206. The Balaban J connectivity index is 1.13. The third-order valence-electron chi connectivity index (χ3n) is 9.85. The van der Waals surface area contributed by atoms with Crippen LogP contribution in [0.15, 0.2) is 81.0 Å². The first-order chi connectivity index (χ1) is 22.7. The van der Waals surface area contributed by atoms with Crippen molar-refractivity contribution in [3.8, 4) is 11.5 Å². The number of halogens is 2. The molecule has 9 nitrogen and oxygen atoms in total. The summed E-state index contributed by atoms with van der Waals surface area (Å²) in [5, 5.41) is 4.20. The zero-order valence-electron chi connectivity index (χ0n) is 24.8. The van der Waals surface area contributed by atoms with E-state index in [2.05, 4.69) is 26.2 Å². The molecule has 2 aliphatic heterocycles. The van der Waals surface area contributed by atoms with Gasteiger partial charge in [0, 0.05) is 36.8 Å². The van der Waals surface area contributed by atoms with Gasteiger partial charge in [-0.2, -0.15) is 0 Å². The van der Waals surface area contributed by atoms with E-state index in [1.54, 1.807) is 67.4 Å². The Morgan fingerprint density at radius 1 is 1.02 bits per heavy atom. The van der Waals surface area contributed by atoms with Gasteiger partial charge in [0.2, 0.25) is 11.8 Å². The van der Waals surface area contributed by atoms with Gasteiger partial charge < -0.3 is 19.8 Å². The van der Waals surface area contributed by atoms with Crippen molar-refractivity contribution in [2.24, 2.45) is 29.6 Å². The second-order valence-corrected chi connectivity index (χ2v) is 15.8. The van der Waals surface area contributed by atoms with Crippen molar-refractivity contribution in [3.05, 3.63) is 96.3 Å². The second-order valence-electron chi connectivity index (χ2n) is 12.2. The number of nitrogens with one attached hydrogen (secondary N) is 2. The van der Waals surface area contributed by atoms with Crippen LogP contribution in [0.25, 0.3) is 0 Å². The molecule has 2 bridgehead atoms. The van der Waals surface area contributed by atoms with E-state index < -0.39 is 11.8 Å². The minimum Gasteiger partial charge on any atom is -0.497 e. The lowest BCUT2D eigenvalue weighted by Gasteiger charge is -2.43. The number of amides is 3. The molecule has 6 unspecified atom stereocenters. The van der Waals surface area contributed by atoms with Crippen LogP contribution in [-0.2, 0) is 14.4 Å². The maximum absolute atomic E-state index is 14.1. The highest BCUT2D eigenvalue weighted by atomic mass is 79.9. The number of H-pyrrole nitrogens is 1. The van der Waals surface area contributed by atoms with Gasteiger partial charge in [-0.1, -0.05) is 38.9 Å². The van der Waals surface area contributed by atoms with Crippen LogP contribution in [0.2, 0.25) is 5.02 Å². The van der Waals surface area contributed by atoms with E-state index in [1.165, 1.54) is 16.2 Å². The molecule has 3 heterocycles. The second kappa shape index (κ2) is 11.8. The van der Waals surface area contributed by atoms with Gasteiger partial charge in [0.15, 0.2) is 6.61 Å². The van der Waals surface area contributed by atoms with Crippen molar-refractivity contribution in [2.75, 3.05) is 23.9 Å². The van der Waals surface area contributed by atoms with Crippen molar-refractivity contribution in [3.63, 3.8) is 0 Å². The summed E-state index contributed by atoms with van der Waals surface area (Å²) >= 11 is 12.4. The van der Waals surface area contributed by atoms with Crippen LogP contribution >= 0.6 is 50.6 Å². The molecule has 1 saturated heterocycles. The third kappa shape index (κ3) is 5.11.